The van der Waals surface area contributed by atoms with Gasteiger partial charge in [-0.3, -0.25) is 9.59 Å². The summed E-state index contributed by atoms with van der Waals surface area (Å²) in [5.41, 5.74) is 3.78. The number of thiophene rings is 2. The molecule has 2 aliphatic rings. The Bertz CT molecular complexity index is 2050. The summed E-state index contributed by atoms with van der Waals surface area (Å²) in [6, 6.07) is 20.1. The van der Waals surface area contributed by atoms with Gasteiger partial charge in [0.25, 0.3) is 11.8 Å². The van der Waals surface area contributed by atoms with Crippen molar-refractivity contribution in [2.24, 2.45) is 23.7 Å². The van der Waals surface area contributed by atoms with E-state index in [4.69, 9.17) is 18.9 Å². The molecule has 2 amide bonds. The normalized spacial score (nSPS) is 15.5. The molecule has 0 fully saturated rings. The Labute approximate surface area is 429 Å². The number of unbranched alkanes of at least 4 members (excludes halogenated alkanes) is 4. The van der Waals surface area contributed by atoms with Crippen LogP contribution in [0.1, 0.15) is 179 Å². The maximum absolute atomic E-state index is 15.7. The molecule has 2 aliphatic heterocycles. The van der Waals surface area contributed by atoms with Crippen LogP contribution in [0.4, 0.5) is 0 Å². The molecule has 4 heterocycles. The quantitative estimate of drug-likeness (QED) is 0.0464. The van der Waals surface area contributed by atoms with E-state index in [0.717, 1.165) is 147 Å². The first-order chi connectivity index (χ1) is 34.2. The SMILES string of the molecule is CCCCC(CC)COc1cccc(OCC(CC)CCCC)c1CN1C(=O)C2=C(c3cccs3)N(Cc3c(OCC(CC)CCCC)cccc3OCC(CC)CCCC)C(=O)C2=C1c1cccs1. The van der Waals surface area contributed by atoms with E-state index in [1.54, 1.807) is 22.7 Å². The Hall–Kier alpha value is -4.54. The van der Waals surface area contributed by atoms with Crippen LogP contribution in [-0.4, -0.2) is 48.0 Å². The van der Waals surface area contributed by atoms with Crippen LogP contribution >= 0.6 is 22.7 Å². The summed E-state index contributed by atoms with van der Waals surface area (Å²) in [5.74, 6) is 4.14. The fourth-order valence-electron chi connectivity index (χ4n) is 9.72. The van der Waals surface area contributed by atoms with E-state index < -0.39 is 0 Å². The molecule has 70 heavy (non-hydrogen) atoms. The summed E-state index contributed by atoms with van der Waals surface area (Å²) in [5, 5.41) is 4.04. The predicted octanol–water partition coefficient (Wildman–Crippen LogP) is 16.4. The third-order valence-corrected chi connectivity index (χ3v) is 16.3. The monoisotopic (exact) mass is 993 g/mol. The molecule has 4 atom stereocenters. The van der Waals surface area contributed by atoms with Gasteiger partial charge in [0.05, 0.1) is 82.9 Å². The molecule has 0 aliphatic carbocycles. The first-order valence-corrected chi connectivity index (χ1v) is 29.0. The molecule has 0 saturated heterocycles. The van der Waals surface area contributed by atoms with Gasteiger partial charge in [0.1, 0.15) is 23.0 Å². The van der Waals surface area contributed by atoms with Gasteiger partial charge in [-0.1, -0.05) is 157 Å². The second kappa shape index (κ2) is 28.5. The lowest BCUT2D eigenvalue weighted by Gasteiger charge is -2.28. The van der Waals surface area contributed by atoms with Crippen LogP contribution < -0.4 is 18.9 Å². The molecule has 4 unspecified atom stereocenters. The van der Waals surface area contributed by atoms with Crippen LogP contribution in [0.25, 0.3) is 11.4 Å². The predicted molar refractivity (Wildman–Crippen MR) is 292 cm³/mol. The Morgan fingerprint density at radius 2 is 0.729 bits per heavy atom. The lowest BCUT2D eigenvalue weighted by atomic mass is 10.0. The second-order valence-electron chi connectivity index (χ2n) is 19.6. The van der Waals surface area contributed by atoms with Crippen molar-refractivity contribution in [1.82, 2.24) is 9.80 Å². The molecule has 2 aromatic heterocycles. The largest absolute Gasteiger partial charge is 0.493 e. The topological polar surface area (TPSA) is 77.5 Å². The van der Waals surface area contributed by atoms with Gasteiger partial charge in [0, 0.05) is 0 Å². The second-order valence-corrected chi connectivity index (χ2v) is 21.5. The third kappa shape index (κ3) is 13.9. The van der Waals surface area contributed by atoms with Crippen LogP contribution in [0.3, 0.4) is 0 Å². The van der Waals surface area contributed by atoms with Gasteiger partial charge in [0.15, 0.2) is 0 Å². The van der Waals surface area contributed by atoms with E-state index in [0.29, 0.717) is 72.6 Å². The molecule has 0 radical (unpaired) electrons. The molecule has 0 saturated carbocycles. The first-order valence-electron chi connectivity index (χ1n) is 27.2. The van der Waals surface area contributed by atoms with Crippen molar-refractivity contribution in [2.75, 3.05) is 26.4 Å². The summed E-state index contributed by atoms with van der Waals surface area (Å²) in [4.78, 5) is 36.7. The van der Waals surface area contributed by atoms with E-state index in [9.17, 15) is 0 Å². The van der Waals surface area contributed by atoms with Crippen molar-refractivity contribution < 1.29 is 28.5 Å². The summed E-state index contributed by atoms with van der Waals surface area (Å²) in [6.07, 6.45) is 17.7. The molecule has 2 aromatic carbocycles. The number of benzene rings is 2. The summed E-state index contributed by atoms with van der Waals surface area (Å²) in [7, 11) is 0. The molecule has 4 aromatic rings. The molecule has 6 rings (SSSR count). The Morgan fingerprint density at radius 1 is 0.429 bits per heavy atom. The maximum atomic E-state index is 15.7. The number of rotatable bonds is 34. The zero-order valence-electron chi connectivity index (χ0n) is 44.0. The minimum absolute atomic E-state index is 0.189. The van der Waals surface area contributed by atoms with Crippen LogP contribution in [0.5, 0.6) is 23.0 Å². The molecule has 0 bridgehead atoms. The highest BCUT2D eigenvalue weighted by molar-refractivity contribution is 7.11. The third-order valence-electron chi connectivity index (χ3n) is 14.6. The van der Waals surface area contributed by atoms with Crippen molar-refractivity contribution in [3.8, 4) is 23.0 Å². The summed E-state index contributed by atoms with van der Waals surface area (Å²) < 4.78 is 27.1. The molecule has 0 spiro atoms. The summed E-state index contributed by atoms with van der Waals surface area (Å²) in [6.45, 7) is 20.6. The van der Waals surface area contributed by atoms with E-state index in [2.05, 4.69) is 55.4 Å². The Balaban J connectivity index is 1.44. The molecule has 382 valence electrons. The van der Waals surface area contributed by atoms with Gasteiger partial charge in [-0.25, -0.2) is 0 Å². The fourth-order valence-corrected chi connectivity index (χ4v) is 11.3. The van der Waals surface area contributed by atoms with Gasteiger partial charge >= 0.3 is 0 Å². The van der Waals surface area contributed by atoms with Crippen LogP contribution in [0, 0.1) is 23.7 Å². The standard InChI is InChI=1S/C60H84N2O6S2/c1-9-17-25-43(13-5)39-65-49-29-21-30-50(66-40-44(14-6)26-18-10-2)47(49)37-61-57(53-33-23-35-69-53)55-56(59(61)63)58(54-34-24-36-70-54)62(60(55)64)38-48-51(67-41-45(15-7)27-19-11-3)31-22-32-52(48)68-42-46(16-8)28-20-12-4/h21-24,29-36,43-46H,9-20,25-28,37-42H2,1-8H3. The van der Waals surface area contributed by atoms with Crippen LogP contribution in [0.2, 0.25) is 0 Å². The number of nitrogens with zero attached hydrogens (tertiary/aromatic N) is 2. The Kier molecular flexibility index (Phi) is 22.3. The zero-order chi connectivity index (χ0) is 49.8. The van der Waals surface area contributed by atoms with E-state index in [-0.39, 0.29) is 24.9 Å². The van der Waals surface area contributed by atoms with Gasteiger partial charge < -0.3 is 28.7 Å². The van der Waals surface area contributed by atoms with E-state index in [1.807, 2.05) is 81.2 Å². The van der Waals surface area contributed by atoms with Crippen molar-refractivity contribution in [3.63, 3.8) is 0 Å². The van der Waals surface area contributed by atoms with Crippen molar-refractivity contribution >= 4 is 45.9 Å². The zero-order valence-corrected chi connectivity index (χ0v) is 45.6. The highest BCUT2D eigenvalue weighted by Gasteiger charge is 2.50. The highest BCUT2D eigenvalue weighted by atomic mass is 32.1. The van der Waals surface area contributed by atoms with Gasteiger partial charge in [-0.2, -0.15) is 0 Å². The average molecular weight is 993 g/mol. The van der Waals surface area contributed by atoms with Crippen molar-refractivity contribution in [3.05, 3.63) is 103 Å². The highest BCUT2D eigenvalue weighted by Crippen LogP contribution is 2.50. The fraction of sp³-hybridized carbons (Fsp3) is 0.567. The lowest BCUT2D eigenvalue weighted by Crippen LogP contribution is -2.30. The molecule has 8 nitrogen and oxygen atoms in total. The molecular weight excluding hydrogens is 909 g/mol. The van der Waals surface area contributed by atoms with Gasteiger partial charge in [0.2, 0.25) is 0 Å². The number of fused-ring (bicyclic) bond motifs is 1. The van der Waals surface area contributed by atoms with Crippen LogP contribution in [0.15, 0.2) is 82.6 Å². The number of carbonyl (C=O) groups excluding carboxylic acids is 2. The number of hydrogen-bond acceptors (Lipinski definition) is 8. The van der Waals surface area contributed by atoms with Crippen molar-refractivity contribution in [2.45, 2.75) is 171 Å². The number of hydrogen-bond donors (Lipinski definition) is 0. The maximum Gasteiger partial charge on any atom is 0.261 e. The first kappa shape index (κ1) is 54.8. The van der Waals surface area contributed by atoms with E-state index >= 15 is 9.59 Å². The molecule has 0 N–H and O–H groups in total. The lowest BCUT2D eigenvalue weighted by molar-refractivity contribution is -0.124. The average Bonchev–Trinajstić information content (AvgIpc) is 4.21. The van der Waals surface area contributed by atoms with Crippen LogP contribution in [-0.2, 0) is 22.7 Å². The summed E-state index contributed by atoms with van der Waals surface area (Å²) >= 11 is 3.09. The number of ether oxygens (including phenoxy) is 4. The molecular formula is C60H84N2O6S2. The minimum atomic E-state index is -0.202. The number of carbonyl (C=O) groups is 2. The smallest absolute Gasteiger partial charge is 0.261 e. The van der Waals surface area contributed by atoms with Gasteiger partial charge in [-0.15, -0.1) is 22.7 Å². The van der Waals surface area contributed by atoms with Gasteiger partial charge in [-0.05, 0) is 96.5 Å². The molecule has 10 heteroatoms. The van der Waals surface area contributed by atoms with Crippen molar-refractivity contribution in [1.29, 1.82) is 0 Å². The van der Waals surface area contributed by atoms with E-state index in [1.165, 1.54) is 0 Å². The Morgan fingerprint density at radius 3 is 0.971 bits per heavy atom. The minimum Gasteiger partial charge on any atom is -0.493 e. The number of amides is 2.